The van der Waals surface area contributed by atoms with Gasteiger partial charge in [-0.25, -0.2) is 8.78 Å². The molecule has 0 atom stereocenters. The van der Waals surface area contributed by atoms with E-state index in [0.29, 0.717) is 6.54 Å². The third kappa shape index (κ3) is 3.96. The Morgan fingerprint density at radius 3 is 2.47 bits per heavy atom. The topological polar surface area (TPSA) is 12.0 Å². The zero-order valence-corrected chi connectivity index (χ0v) is 11.4. The fourth-order valence-electron chi connectivity index (χ4n) is 1.75. The number of anilines is 1. The molecule has 0 aromatic heterocycles. The number of hydrogen-bond donors (Lipinski definition) is 1. The summed E-state index contributed by atoms with van der Waals surface area (Å²) >= 11 is 1.69. The number of thioether (sulfide) groups is 1. The maximum atomic E-state index is 12.6. The standard InChI is InChI=1S/C15H15F2NS/c1-19-14-7-5-13(6-8-14)18-10-11-3-2-4-12(9-11)15(16)17/h2-9,15,18H,10H2,1H3. The highest BCUT2D eigenvalue weighted by Gasteiger charge is 2.06. The molecule has 0 aliphatic heterocycles. The van der Waals surface area contributed by atoms with Crippen LogP contribution in [0.25, 0.3) is 0 Å². The van der Waals surface area contributed by atoms with Gasteiger partial charge in [0, 0.05) is 22.7 Å². The lowest BCUT2D eigenvalue weighted by Gasteiger charge is -2.08. The second-order valence-corrected chi connectivity index (χ2v) is 5.01. The second kappa shape index (κ2) is 6.57. The first-order chi connectivity index (χ1) is 9.19. The molecule has 0 radical (unpaired) electrons. The van der Waals surface area contributed by atoms with Crippen LogP contribution in [0.1, 0.15) is 17.6 Å². The minimum atomic E-state index is -2.42. The van der Waals surface area contributed by atoms with Crippen LogP contribution < -0.4 is 5.32 Å². The summed E-state index contributed by atoms with van der Waals surface area (Å²) in [6.07, 6.45) is -0.390. The van der Waals surface area contributed by atoms with E-state index in [1.807, 2.05) is 36.6 Å². The van der Waals surface area contributed by atoms with Crippen LogP contribution in [0.2, 0.25) is 0 Å². The van der Waals surface area contributed by atoms with Crippen LogP contribution in [0.3, 0.4) is 0 Å². The van der Waals surface area contributed by atoms with E-state index in [9.17, 15) is 8.78 Å². The summed E-state index contributed by atoms with van der Waals surface area (Å²) in [6.45, 7) is 0.541. The van der Waals surface area contributed by atoms with E-state index in [4.69, 9.17) is 0 Å². The Bertz CT molecular complexity index is 526. The zero-order valence-electron chi connectivity index (χ0n) is 10.6. The van der Waals surface area contributed by atoms with Gasteiger partial charge < -0.3 is 5.32 Å². The van der Waals surface area contributed by atoms with Crippen LogP contribution in [-0.4, -0.2) is 6.26 Å². The molecular weight excluding hydrogens is 264 g/mol. The number of halogens is 2. The summed E-state index contributed by atoms with van der Waals surface area (Å²) < 4.78 is 25.1. The molecule has 100 valence electrons. The SMILES string of the molecule is CSc1ccc(NCc2cccc(C(F)F)c2)cc1. The van der Waals surface area contributed by atoms with Crippen LogP contribution >= 0.6 is 11.8 Å². The van der Waals surface area contributed by atoms with Gasteiger partial charge in [-0.1, -0.05) is 18.2 Å². The predicted molar refractivity (Wildman–Crippen MR) is 76.9 cm³/mol. The van der Waals surface area contributed by atoms with Gasteiger partial charge in [0.25, 0.3) is 6.43 Å². The fraction of sp³-hybridized carbons (Fsp3) is 0.200. The van der Waals surface area contributed by atoms with Crippen molar-refractivity contribution in [1.82, 2.24) is 0 Å². The van der Waals surface area contributed by atoms with E-state index in [2.05, 4.69) is 5.32 Å². The van der Waals surface area contributed by atoms with E-state index < -0.39 is 6.43 Å². The highest BCUT2D eigenvalue weighted by atomic mass is 32.2. The molecule has 0 aliphatic rings. The normalized spacial score (nSPS) is 10.7. The van der Waals surface area contributed by atoms with Gasteiger partial charge >= 0.3 is 0 Å². The van der Waals surface area contributed by atoms with E-state index in [1.54, 1.807) is 17.8 Å². The maximum Gasteiger partial charge on any atom is 0.263 e. The molecule has 2 aromatic carbocycles. The highest BCUT2D eigenvalue weighted by molar-refractivity contribution is 7.98. The van der Waals surface area contributed by atoms with Crippen LogP contribution in [-0.2, 0) is 6.54 Å². The summed E-state index contributed by atoms with van der Waals surface area (Å²) in [5.74, 6) is 0. The molecule has 0 unspecified atom stereocenters. The van der Waals surface area contributed by atoms with Gasteiger partial charge in [0.15, 0.2) is 0 Å². The summed E-state index contributed by atoms with van der Waals surface area (Å²) in [5.41, 5.74) is 1.91. The molecule has 1 nitrogen and oxygen atoms in total. The maximum absolute atomic E-state index is 12.6. The van der Waals surface area contributed by atoms with Crippen molar-refractivity contribution in [3.05, 3.63) is 59.7 Å². The molecule has 0 aliphatic carbocycles. The fourth-order valence-corrected chi connectivity index (χ4v) is 2.16. The van der Waals surface area contributed by atoms with Crippen LogP contribution in [0.4, 0.5) is 14.5 Å². The van der Waals surface area contributed by atoms with Gasteiger partial charge in [0.1, 0.15) is 0 Å². The number of alkyl halides is 2. The first-order valence-electron chi connectivity index (χ1n) is 5.94. The highest BCUT2D eigenvalue weighted by Crippen LogP contribution is 2.21. The first kappa shape index (κ1) is 13.9. The van der Waals surface area contributed by atoms with Gasteiger partial charge in [-0.2, -0.15) is 0 Å². The Kier molecular flexibility index (Phi) is 4.80. The van der Waals surface area contributed by atoms with Crippen molar-refractivity contribution >= 4 is 17.4 Å². The van der Waals surface area contributed by atoms with Crippen LogP contribution in [0.5, 0.6) is 0 Å². The molecule has 0 saturated carbocycles. The summed E-state index contributed by atoms with van der Waals surface area (Å²) in [6, 6.07) is 14.5. The van der Waals surface area contributed by atoms with Crippen molar-refractivity contribution in [2.24, 2.45) is 0 Å². The molecule has 0 amide bonds. The number of hydrogen-bond acceptors (Lipinski definition) is 2. The monoisotopic (exact) mass is 279 g/mol. The summed E-state index contributed by atoms with van der Waals surface area (Å²) in [4.78, 5) is 1.20. The minimum Gasteiger partial charge on any atom is -0.381 e. The summed E-state index contributed by atoms with van der Waals surface area (Å²) in [7, 11) is 0. The summed E-state index contributed by atoms with van der Waals surface area (Å²) in [5, 5.41) is 3.22. The van der Waals surface area contributed by atoms with E-state index >= 15 is 0 Å². The molecule has 0 spiro atoms. The predicted octanol–water partition coefficient (Wildman–Crippen LogP) is 4.96. The van der Waals surface area contributed by atoms with Crippen molar-refractivity contribution < 1.29 is 8.78 Å². The van der Waals surface area contributed by atoms with Crippen molar-refractivity contribution in [2.45, 2.75) is 17.9 Å². The third-order valence-corrected chi connectivity index (χ3v) is 3.53. The van der Waals surface area contributed by atoms with Crippen LogP contribution in [0, 0.1) is 0 Å². The van der Waals surface area contributed by atoms with Crippen molar-refractivity contribution in [3.63, 3.8) is 0 Å². The molecule has 1 N–H and O–H groups in total. The van der Waals surface area contributed by atoms with Gasteiger partial charge in [0.05, 0.1) is 0 Å². The smallest absolute Gasteiger partial charge is 0.263 e. The molecule has 4 heteroatoms. The second-order valence-electron chi connectivity index (χ2n) is 4.13. The van der Waals surface area contributed by atoms with Gasteiger partial charge in [-0.3, -0.25) is 0 Å². The Morgan fingerprint density at radius 1 is 1.11 bits per heavy atom. The Balaban J connectivity index is 1.99. The lowest BCUT2D eigenvalue weighted by molar-refractivity contribution is 0.151. The molecule has 0 fully saturated rings. The minimum absolute atomic E-state index is 0.0667. The van der Waals surface area contributed by atoms with E-state index in [-0.39, 0.29) is 5.56 Å². The van der Waals surface area contributed by atoms with Crippen molar-refractivity contribution in [3.8, 4) is 0 Å². The van der Waals surface area contributed by atoms with Crippen LogP contribution in [0.15, 0.2) is 53.4 Å². The van der Waals surface area contributed by atoms with Gasteiger partial charge in [0.2, 0.25) is 0 Å². The van der Waals surface area contributed by atoms with E-state index in [1.165, 1.54) is 17.0 Å². The quantitative estimate of drug-likeness (QED) is 0.776. The van der Waals surface area contributed by atoms with Crippen molar-refractivity contribution in [2.75, 3.05) is 11.6 Å². The zero-order chi connectivity index (χ0) is 13.7. The average Bonchev–Trinajstić information content (AvgIpc) is 2.46. The van der Waals surface area contributed by atoms with Gasteiger partial charge in [-0.05, 0) is 42.2 Å². The van der Waals surface area contributed by atoms with E-state index in [0.717, 1.165) is 11.3 Å². The molecular formula is C15H15F2NS. The molecule has 2 rings (SSSR count). The van der Waals surface area contributed by atoms with Gasteiger partial charge in [-0.15, -0.1) is 11.8 Å². The largest absolute Gasteiger partial charge is 0.381 e. The number of benzene rings is 2. The average molecular weight is 279 g/mol. The molecule has 2 aromatic rings. The molecule has 0 bridgehead atoms. The van der Waals surface area contributed by atoms with Crippen molar-refractivity contribution in [1.29, 1.82) is 0 Å². The lowest BCUT2D eigenvalue weighted by atomic mass is 10.1. The number of nitrogens with one attached hydrogen (secondary N) is 1. The molecule has 19 heavy (non-hydrogen) atoms. The Hall–Kier alpha value is -1.55. The lowest BCUT2D eigenvalue weighted by Crippen LogP contribution is -2.00. The third-order valence-electron chi connectivity index (χ3n) is 2.79. The Morgan fingerprint density at radius 2 is 1.84 bits per heavy atom. The molecule has 0 saturated heterocycles. The first-order valence-corrected chi connectivity index (χ1v) is 7.16. The Labute approximate surface area is 116 Å². The number of rotatable bonds is 5. The molecule has 0 heterocycles.